The first-order chi connectivity index (χ1) is 4.41. The summed E-state index contributed by atoms with van der Waals surface area (Å²) in [5, 5.41) is 6.20. The van der Waals surface area contributed by atoms with E-state index in [9.17, 15) is 0 Å². The van der Waals surface area contributed by atoms with Crippen LogP contribution in [0.15, 0.2) is 4.99 Å². The van der Waals surface area contributed by atoms with Gasteiger partial charge in [-0.15, -0.1) is 0 Å². The normalized spacial score (nSPS) is 6.22. The molecule has 0 aromatic heterocycles. The van der Waals surface area contributed by atoms with Gasteiger partial charge < -0.3 is 5.73 Å². The van der Waals surface area contributed by atoms with E-state index in [1.807, 2.05) is 27.7 Å². The molecule has 0 aromatic rings. The Morgan fingerprint density at radius 2 is 1.56 bits per heavy atom. The van der Waals surface area contributed by atoms with Crippen LogP contribution in [0.25, 0.3) is 0 Å². The molecule has 0 rings (SSSR count). The molecule has 0 bridgehead atoms. The summed E-state index contributed by atoms with van der Waals surface area (Å²) in [6, 6.07) is 0. The van der Waals surface area contributed by atoms with Gasteiger partial charge in [-0.3, -0.25) is 5.41 Å². The van der Waals surface area contributed by atoms with Crippen LogP contribution >= 0.6 is 0 Å². The van der Waals surface area contributed by atoms with Crippen molar-refractivity contribution in [2.75, 3.05) is 0 Å². The molecule has 9 heavy (non-hydrogen) atoms. The maximum atomic E-state index is 6.20. The maximum Gasteiger partial charge on any atom is 0.108 e. The summed E-state index contributed by atoms with van der Waals surface area (Å²) in [5.74, 6) is 0. The highest BCUT2D eigenvalue weighted by Crippen LogP contribution is 1.38. The minimum absolute atomic E-state index is 0.875. The Bertz CT molecular complexity index is 50.3. The average molecular weight is 131 g/mol. The van der Waals surface area contributed by atoms with Crippen molar-refractivity contribution >= 4 is 12.7 Å². The van der Waals surface area contributed by atoms with E-state index in [1.165, 1.54) is 0 Å². The second-order valence-corrected chi connectivity index (χ2v) is 0.427. The summed E-state index contributed by atoms with van der Waals surface area (Å²) in [7, 11) is 0. The van der Waals surface area contributed by atoms with Crippen LogP contribution in [0.1, 0.15) is 27.7 Å². The SMILES string of the molecule is CC.CC.N=CN=CN. The molecule has 0 amide bonds. The van der Waals surface area contributed by atoms with E-state index in [2.05, 4.69) is 4.99 Å². The van der Waals surface area contributed by atoms with Crippen LogP contribution in [0.4, 0.5) is 0 Å². The summed E-state index contributed by atoms with van der Waals surface area (Å²) >= 11 is 0. The van der Waals surface area contributed by atoms with Crippen LogP contribution < -0.4 is 5.73 Å². The Kier molecular flexibility index (Phi) is 103. The lowest BCUT2D eigenvalue weighted by molar-refractivity contribution is 1.50. The van der Waals surface area contributed by atoms with Gasteiger partial charge in [-0.05, 0) is 0 Å². The van der Waals surface area contributed by atoms with E-state index in [-0.39, 0.29) is 0 Å². The summed E-state index contributed by atoms with van der Waals surface area (Å²) in [4.78, 5) is 3.17. The summed E-state index contributed by atoms with van der Waals surface area (Å²) < 4.78 is 0. The van der Waals surface area contributed by atoms with Crippen molar-refractivity contribution < 1.29 is 0 Å². The van der Waals surface area contributed by atoms with Crippen molar-refractivity contribution in [2.24, 2.45) is 10.7 Å². The fraction of sp³-hybridized carbons (Fsp3) is 0.667. The van der Waals surface area contributed by atoms with E-state index in [0.29, 0.717) is 0 Å². The van der Waals surface area contributed by atoms with Crippen LogP contribution in [-0.4, -0.2) is 12.7 Å². The number of rotatable bonds is 1. The molecule has 0 atom stereocenters. The molecule has 56 valence electrons. The van der Waals surface area contributed by atoms with Gasteiger partial charge in [0, 0.05) is 0 Å². The largest absolute Gasteiger partial charge is 0.390 e. The fourth-order valence-electron chi connectivity index (χ4n) is 0.0430. The minimum Gasteiger partial charge on any atom is -0.390 e. The van der Waals surface area contributed by atoms with Gasteiger partial charge in [0.2, 0.25) is 0 Å². The molecule has 0 spiro atoms. The molecular weight excluding hydrogens is 114 g/mol. The Labute approximate surface area is 57.5 Å². The Morgan fingerprint density at radius 3 is 1.56 bits per heavy atom. The zero-order chi connectivity index (χ0) is 8.12. The van der Waals surface area contributed by atoms with Crippen molar-refractivity contribution in [2.45, 2.75) is 27.7 Å². The van der Waals surface area contributed by atoms with Gasteiger partial charge in [-0.2, -0.15) is 0 Å². The van der Waals surface area contributed by atoms with Crippen LogP contribution in [0.3, 0.4) is 0 Å². The Hall–Kier alpha value is -0.860. The zero-order valence-electron chi connectivity index (χ0n) is 6.68. The first kappa shape index (κ1) is 15.7. The second-order valence-electron chi connectivity index (χ2n) is 0.427. The van der Waals surface area contributed by atoms with Crippen LogP contribution in [0.5, 0.6) is 0 Å². The van der Waals surface area contributed by atoms with Crippen LogP contribution in [-0.2, 0) is 0 Å². The lowest BCUT2D eigenvalue weighted by atomic mass is 11.0. The molecule has 3 N–H and O–H groups in total. The highest BCUT2D eigenvalue weighted by Gasteiger charge is 1.41. The number of hydrogen-bond donors (Lipinski definition) is 2. The predicted octanol–water partition coefficient (Wildman–Crippen LogP) is 1.63. The molecule has 0 radical (unpaired) electrons. The Balaban J connectivity index is -0.0000000771. The van der Waals surface area contributed by atoms with Crippen molar-refractivity contribution in [1.29, 1.82) is 5.41 Å². The molecule has 0 aromatic carbocycles. The molecular formula is C6H17N3. The van der Waals surface area contributed by atoms with Gasteiger partial charge in [0.25, 0.3) is 0 Å². The molecule has 0 aliphatic carbocycles. The fourth-order valence-corrected chi connectivity index (χ4v) is 0.0430. The molecule has 0 aliphatic rings. The van der Waals surface area contributed by atoms with Crippen molar-refractivity contribution in [3.63, 3.8) is 0 Å². The summed E-state index contributed by atoms with van der Waals surface area (Å²) in [6.45, 7) is 8.00. The lowest BCUT2D eigenvalue weighted by Gasteiger charge is -1.59. The molecule has 3 nitrogen and oxygen atoms in total. The number of nitrogens with one attached hydrogen (secondary N) is 1. The van der Waals surface area contributed by atoms with Gasteiger partial charge >= 0.3 is 0 Å². The maximum absolute atomic E-state index is 6.20. The highest BCUT2D eigenvalue weighted by atomic mass is 14.8. The molecule has 0 saturated carbocycles. The third-order valence-electron chi connectivity index (χ3n) is 0.161. The number of nitrogens with two attached hydrogens (primary N) is 1. The predicted molar refractivity (Wildman–Crippen MR) is 44.2 cm³/mol. The summed E-state index contributed by atoms with van der Waals surface area (Å²) in [6.07, 6.45) is 1.94. The molecule has 0 saturated heterocycles. The topological polar surface area (TPSA) is 62.2 Å². The molecule has 0 heterocycles. The standard InChI is InChI=1S/C2H5N3.2C2H6/c3-1-5-2-4;2*1-2/h1-2H,(H3,3,4,5);2*1-2H3. The van der Waals surface area contributed by atoms with Crippen molar-refractivity contribution in [1.82, 2.24) is 0 Å². The number of nitrogens with zero attached hydrogens (tertiary/aromatic N) is 1. The van der Waals surface area contributed by atoms with Crippen LogP contribution in [0.2, 0.25) is 0 Å². The zero-order valence-corrected chi connectivity index (χ0v) is 6.68. The first-order valence-electron chi connectivity index (χ1n) is 3.14. The van der Waals surface area contributed by atoms with Gasteiger partial charge in [-0.1, -0.05) is 27.7 Å². The number of aliphatic imine (C=N–C) groups is 1. The van der Waals surface area contributed by atoms with E-state index in [0.717, 1.165) is 12.7 Å². The molecule has 0 fully saturated rings. The van der Waals surface area contributed by atoms with Gasteiger partial charge in [0.15, 0.2) is 0 Å². The van der Waals surface area contributed by atoms with Crippen molar-refractivity contribution in [3.8, 4) is 0 Å². The Morgan fingerprint density at radius 1 is 1.22 bits per heavy atom. The molecule has 3 heteroatoms. The van der Waals surface area contributed by atoms with E-state index in [4.69, 9.17) is 11.1 Å². The third kappa shape index (κ3) is 145. The van der Waals surface area contributed by atoms with Gasteiger partial charge in [0.05, 0.1) is 6.34 Å². The van der Waals surface area contributed by atoms with E-state index >= 15 is 0 Å². The first-order valence-corrected chi connectivity index (χ1v) is 3.14. The summed E-state index contributed by atoms with van der Waals surface area (Å²) in [5.41, 5.74) is 4.70. The lowest BCUT2D eigenvalue weighted by Crippen LogP contribution is -1.86. The van der Waals surface area contributed by atoms with Crippen molar-refractivity contribution in [3.05, 3.63) is 0 Å². The smallest absolute Gasteiger partial charge is 0.108 e. The molecule has 0 aliphatic heterocycles. The third-order valence-corrected chi connectivity index (χ3v) is 0.161. The van der Waals surface area contributed by atoms with Crippen LogP contribution in [0, 0.1) is 5.41 Å². The number of hydrogen-bond acceptors (Lipinski definition) is 1. The van der Waals surface area contributed by atoms with Gasteiger partial charge in [-0.25, -0.2) is 4.99 Å². The van der Waals surface area contributed by atoms with Gasteiger partial charge in [0.1, 0.15) is 6.34 Å². The minimum atomic E-state index is 0.875. The second kappa shape index (κ2) is 58.8. The van der Waals surface area contributed by atoms with E-state index in [1.54, 1.807) is 0 Å². The average Bonchev–Trinajstić information content (AvgIpc) is 1.98. The molecule has 0 unspecified atom stereocenters. The quantitative estimate of drug-likeness (QED) is 0.412. The monoisotopic (exact) mass is 131 g/mol. The highest BCUT2D eigenvalue weighted by molar-refractivity contribution is 5.67. The van der Waals surface area contributed by atoms with E-state index < -0.39 is 0 Å².